The van der Waals surface area contributed by atoms with Gasteiger partial charge in [0.1, 0.15) is 6.61 Å². The van der Waals surface area contributed by atoms with Gasteiger partial charge in [-0.3, -0.25) is 9.79 Å². The minimum absolute atomic E-state index is 0.125. The Morgan fingerprint density at radius 2 is 2.42 bits per heavy atom. The maximum absolute atomic E-state index is 11.0. The Hall–Kier alpha value is -0.700. The molecule has 1 fully saturated rings. The predicted molar refractivity (Wildman–Crippen MR) is 45.5 cm³/mol. The fourth-order valence-electron chi connectivity index (χ4n) is 1.84. The minimum atomic E-state index is 0.125. The van der Waals surface area contributed by atoms with E-state index in [9.17, 15) is 4.79 Å². The third-order valence-electron chi connectivity index (χ3n) is 2.50. The summed E-state index contributed by atoms with van der Waals surface area (Å²) in [4.78, 5) is 15.5. The molecule has 0 aliphatic carbocycles. The van der Waals surface area contributed by atoms with E-state index < -0.39 is 0 Å². The van der Waals surface area contributed by atoms with Crippen LogP contribution in [0.2, 0.25) is 0 Å². The molecule has 2 unspecified atom stereocenters. The van der Waals surface area contributed by atoms with E-state index in [-0.39, 0.29) is 17.9 Å². The molecule has 1 saturated heterocycles. The maximum atomic E-state index is 11.0. The molecule has 2 atom stereocenters. The minimum Gasteiger partial charge on any atom is -0.368 e. The van der Waals surface area contributed by atoms with Crippen LogP contribution in [0.3, 0.4) is 0 Å². The van der Waals surface area contributed by atoms with Crippen LogP contribution < -0.4 is 0 Å². The van der Waals surface area contributed by atoms with E-state index in [0.29, 0.717) is 13.0 Å². The summed E-state index contributed by atoms with van der Waals surface area (Å²) in [5.74, 6) is 0.190. The summed E-state index contributed by atoms with van der Waals surface area (Å²) in [5.41, 5.74) is 1.16. The van der Waals surface area contributed by atoms with Crippen LogP contribution in [0.4, 0.5) is 0 Å². The highest BCUT2D eigenvalue weighted by molar-refractivity contribution is 5.85. The molecule has 0 radical (unpaired) electrons. The Morgan fingerprint density at radius 3 is 3.25 bits per heavy atom. The second kappa shape index (κ2) is 2.98. The van der Waals surface area contributed by atoms with Crippen LogP contribution in [0, 0.1) is 0 Å². The molecule has 0 bridgehead atoms. The predicted octanol–water partition coefficient (Wildman–Crippen LogP) is 0.968. The Balaban J connectivity index is 2.12. The molecule has 0 spiro atoms. The standard InChI is InChI=1S/C9H13NO2/c1-6-2-3-9-8(10-6)4-7(11)5-12-9/h8-9H,2-5H2,1H3. The number of hydrogen-bond donors (Lipinski definition) is 0. The molecule has 2 aliphatic heterocycles. The Labute approximate surface area is 71.8 Å². The maximum Gasteiger partial charge on any atom is 0.160 e. The van der Waals surface area contributed by atoms with Gasteiger partial charge in [-0.15, -0.1) is 0 Å². The summed E-state index contributed by atoms with van der Waals surface area (Å²) >= 11 is 0. The summed E-state index contributed by atoms with van der Waals surface area (Å²) in [6.45, 7) is 2.32. The van der Waals surface area contributed by atoms with Gasteiger partial charge in [0.25, 0.3) is 0 Å². The van der Waals surface area contributed by atoms with Gasteiger partial charge < -0.3 is 4.74 Å². The first-order valence-electron chi connectivity index (χ1n) is 4.42. The van der Waals surface area contributed by atoms with Gasteiger partial charge in [0.2, 0.25) is 0 Å². The molecule has 12 heavy (non-hydrogen) atoms. The van der Waals surface area contributed by atoms with Gasteiger partial charge in [0.05, 0.1) is 12.1 Å². The normalized spacial score (nSPS) is 35.8. The van der Waals surface area contributed by atoms with Gasteiger partial charge in [-0.25, -0.2) is 0 Å². The van der Waals surface area contributed by atoms with Gasteiger partial charge >= 0.3 is 0 Å². The lowest BCUT2D eigenvalue weighted by molar-refractivity contribution is -0.132. The molecule has 0 aromatic rings. The van der Waals surface area contributed by atoms with Crippen LogP contribution >= 0.6 is 0 Å². The van der Waals surface area contributed by atoms with Crippen molar-refractivity contribution in [2.45, 2.75) is 38.3 Å². The molecule has 0 N–H and O–H groups in total. The lowest BCUT2D eigenvalue weighted by atomic mass is 9.94. The Bertz CT molecular complexity index is 235. The highest BCUT2D eigenvalue weighted by Gasteiger charge is 2.31. The fourth-order valence-corrected chi connectivity index (χ4v) is 1.84. The first-order chi connectivity index (χ1) is 5.75. The van der Waals surface area contributed by atoms with Gasteiger partial charge in [0, 0.05) is 12.1 Å². The highest BCUT2D eigenvalue weighted by Crippen LogP contribution is 2.23. The molecule has 3 nitrogen and oxygen atoms in total. The van der Waals surface area contributed by atoms with Gasteiger partial charge in [-0.1, -0.05) is 0 Å². The van der Waals surface area contributed by atoms with Crippen molar-refractivity contribution in [1.82, 2.24) is 0 Å². The van der Waals surface area contributed by atoms with Crippen LogP contribution in [-0.4, -0.2) is 30.2 Å². The molecule has 0 aromatic heterocycles. The van der Waals surface area contributed by atoms with E-state index in [0.717, 1.165) is 18.6 Å². The van der Waals surface area contributed by atoms with E-state index in [1.165, 1.54) is 0 Å². The van der Waals surface area contributed by atoms with E-state index in [1.807, 2.05) is 6.92 Å². The third kappa shape index (κ3) is 1.41. The summed E-state index contributed by atoms with van der Waals surface area (Å²) in [6, 6.07) is 0.125. The van der Waals surface area contributed by atoms with Crippen molar-refractivity contribution in [1.29, 1.82) is 0 Å². The van der Waals surface area contributed by atoms with Gasteiger partial charge in [0.15, 0.2) is 5.78 Å². The van der Waals surface area contributed by atoms with Crippen LogP contribution in [0.1, 0.15) is 26.2 Å². The summed E-state index contributed by atoms with van der Waals surface area (Å²) in [6.07, 6.45) is 2.86. The monoisotopic (exact) mass is 167 g/mol. The van der Waals surface area contributed by atoms with Crippen molar-refractivity contribution in [3.63, 3.8) is 0 Å². The Morgan fingerprint density at radius 1 is 1.58 bits per heavy atom. The number of rotatable bonds is 0. The highest BCUT2D eigenvalue weighted by atomic mass is 16.5. The van der Waals surface area contributed by atoms with E-state index in [1.54, 1.807) is 0 Å². The zero-order valence-corrected chi connectivity index (χ0v) is 7.25. The number of carbonyl (C=O) groups is 1. The van der Waals surface area contributed by atoms with Crippen molar-refractivity contribution in [2.24, 2.45) is 4.99 Å². The summed E-state index contributed by atoms with van der Waals surface area (Å²) in [5, 5.41) is 0. The van der Waals surface area contributed by atoms with E-state index >= 15 is 0 Å². The smallest absolute Gasteiger partial charge is 0.160 e. The van der Waals surface area contributed by atoms with E-state index in [2.05, 4.69) is 4.99 Å². The number of Topliss-reactive ketones (excluding diaryl/α,β-unsaturated/α-hetero) is 1. The number of fused-ring (bicyclic) bond motifs is 1. The third-order valence-corrected chi connectivity index (χ3v) is 2.50. The molecule has 2 aliphatic rings. The lowest BCUT2D eigenvalue weighted by Crippen LogP contribution is -2.40. The molecule has 0 aromatic carbocycles. The van der Waals surface area contributed by atoms with Crippen molar-refractivity contribution in [3.8, 4) is 0 Å². The van der Waals surface area contributed by atoms with Crippen LogP contribution in [0.5, 0.6) is 0 Å². The molecule has 3 heteroatoms. The average molecular weight is 167 g/mol. The molecule has 66 valence electrons. The molecule has 0 amide bonds. The molecular weight excluding hydrogens is 154 g/mol. The molecule has 2 heterocycles. The molecule has 2 rings (SSSR count). The summed E-state index contributed by atoms with van der Waals surface area (Å²) < 4.78 is 5.39. The molecular formula is C9H13NO2. The van der Waals surface area contributed by atoms with Gasteiger partial charge in [-0.05, 0) is 19.8 Å². The van der Waals surface area contributed by atoms with Crippen LogP contribution in [0.25, 0.3) is 0 Å². The zero-order chi connectivity index (χ0) is 8.55. The SMILES string of the molecule is CC1=NC2CC(=O)COC2CC1. The lowest BCUT2D eigenvalue weighted by Gasteiger charge is -2.31. The second-order valence-corrected chi connectivity index (χ2v) is 3.56. The van der Waals surface area contributed by atoms with Crippen molar-refractivity contribution in [3.05, 3.63) is 0 Å². The first kappa shape index (κ1) is 7.92. The average Bonchev–Trinajstić information content (AvgIpc) is 2.03. The quantitative estimate of drug-likeness (QED) is 0.539. The van der Waals surface area contributed by atoms with Crippen molar-refractivity contribution < 1.29 is 9.53 Å². The Kier molecular flexibility index (Phi) is 1.97. The molecule has 0 saturated carbocycles. The number of carbonyl (C=O) groups excluding carboxylic acids is 1. The van der Waals surface area contributed by atoms with Gasteiger partial charge in [-0.2, -0.15) is 0 Å². The number of hydrogen-bond acceptors (Lipinski definition) is 3. The first-order valence-corrected chi connectivity index (χ1v) is 4.42. The number of aliphatic imine (C=N–C) groups is 1. The zero-order valence-electron chi connectivity index (χ0n) is 7.25. The second-order valence-electron chi connectivity index (χ2n) is 3.56. The summed E-state index contributed by atoms with van der Waals surface area (Å²) in [7, 11) is 0. The van der Waals surface area contributed by atoms with Crippen LogP contribution in [0.15, 0.2) is 4.99 Å². The number of ketones is 1. The topological polar surface area (TPSA) is 38.7 Å². The fraction of sp³-hybridized carbons (Fsp3) is 0.778. The van der Waals surface area contributed by atoms with Crippen molar-refractivity contribution in [2.75, 3.05) is 6.61 Å². The number of ether oxygens (including phenoxy) is 1. The number of nitrogens with zero attached hydrogens (tertiary/aromatic N) is 1. The van der Waals surface area contributed by atoms with Crippen LogP contribution in [-0.2, 0) is 9.53 Å². The van der Waals surface area contributed by atoms with Crippen molar-refractivity contribution >= 4 is 11.5 Å². The van der Waals surface area contributed by atoms with E-state index in [4.69, 9.17) is 4.74 Å². The largest absolute Gasteiger partial charge is 0.368 e.